The van der Waals surface area contributed by atoms with Crippen molar-refractivity contribution in [3.05, 3.63) is 11.6 Å². The third-order valence-electron chi connectivity index (χ3n) is 4.21. The molecule has 0 atom stereocenters. The fraction of sp³-hybridized carbons (Fsp3) is 0.889. The van der Waals surface area contributed by atoms with Crippen LogP contribution in [0.15, 0.2) is 11.6 Å². The Morgan fingerprint density at radius 2 is 1.85 bits per heavy atom. The van der Waals surface area contributed by atoms with E-state index in [1.54, 1.807) is 5.57 Å². The highest BCUT2D eigenvalue weighted by molar-refractivity contribution is 5.14. The van der Waals surface area contributed by atoms with Gasteiger partial charge in [-0.15, -0.1) is 0 Å². The van der Waals surface area contributed by atoms with Gasteiger partial charge in [-0.1, -0.05) is 59.1 Å². The summed E-state index contributed by atoms with van der Waals surface area (Å²) in [6.07, 6.45) is 9.17. The molecule has 2 heteroatoms. The third-order valence-corrected chi connectivity index (χ3v) is 4.21. The summed E-state index contributed by atoms with van der Waals surface area (Å²) in [6.45, 7) is 16.3. The average molecular weight is 281 g/mol. The number of hydrogen-bond donors (Lipinski definition) is 1. The maximum absolute atomic E-state index is 3.49. The molecule has 0 amide bonds. The minimum atomic E-state index is 0.371. The molecule has 0 bridgehead atoms. The zero-order chi connectivity index (χ0) is 15.0. The third kappa shape index (κ3) is 7.44. The fourth-order valence-electron chi connectivity index (χ4n) is 2.80. The maximum Gasteiger partial charge on any atom is 0.0166 e. The van der Waals surface area contributed by atoms with Crippen LogP contribution in [0.4, 0.5) is 0 Å². The van der Waals surface area contributed by atoms with Crippen LogP contribution in [-0.2, 0) is 0 Å². The van der Waals surface area contributed by atoms with Crippen molar-refractivity contribution in [3.63, 3.8) is 0 Å². The predicted molar refractivity (Wildman–Crippen MR) is 90.2 cm³/mol. The van der Waals surface area contributed by atoms with Gasteiger partial charge in [-0.3, -0.25) is 4.90 Å². The number of nitrogens with one attached hydrogen (secondary N) is 1. The number of unbranched alkanes of at least 4 members (excludes halogenated alkanes) is 3. The van der Waals surface area contributed by atoms with Crippen molar-refractivity contribution in [2.24, 2.45) is 5.41 Å². The molecule has 1 heterocycles. The quantitative estimate of drug-likeness (QED) is 0.529. The van der Waals surface area contributed by atoms with Gasteiger partial charge in [0.05, 0.1) is 0 Å². The van der Waals surface area contributed by atoms with Crippen molar-refractivity contribution in [3.8, 4) is 0 Å². The molecule has 0 fully saturated rings. The summed E-state index contributed by atoms with van der Waals surface area (Å²) in [5.74, 6) is 0. The van der Waals surface area contributed by atoms with Gasteiger partial charge in [-0.25, -0.2) is 0 Å². The van der Waals surface area contributed by atoms with Crippen LogP contribution in [0.1, 0.15) is 66.7 Å². The Hall–Kier alpha value is -0.340. The van der Waals surface area contributed by atoms with Crippen LogP contribution in [0, 0.1) is 5.41 Å². The second kappa shape index (κ2) is 8.84. The van der Waals surface area contributed by atoms with Crippen molar-refractivity contribution < 1.29 is 0 Å². The highest BCUT2D eigenvalue weighted by Crippen LogP contribution is 2.30. The molecule has 2 nitrogen and oxygen atoms in total. The number of rotatable bonds is 8. The molecule has 0 radical (unpaired) electrons. The van der Waals surface area contributed by atoms with Crippen LogP contribution in [0.5, 0.6) is 0 Å². The number of hydrogen-bond acceptors (Lipinski definition) is 2. The minimum absolute atomic E-state index is 0.371. The average Bonchev–Trinajstić information content (AvgIpc) is 2.37. The van der Waals surface area contributed by atoms with E-state index in [1.165, 1.54) is 58.3 Å². The van der Waals surface area contributed by atoms with Gasteiger partial charge in [0.2, 0.25) is 0 Å². The summed E-state index contributed by atoms with van der Waals surface area (Å²) in [5, 5.41) is 3.49. The molecule has 1 N–H and O–H groups in total. The molecule has 0 unspecified atom stereocenters. The topological polar surface area (TPSA) is 15.3 Å². The first-order valence-electron chi connectivity index (χ1n) is 8.55. The van der Waals surface area contributed by atoms with Crippen molar-refractivity contribution >= 4 is 0 Å². The normalized spacial score (nSPS) is 17.6. The summed E-state index contributed by atoms with van der Waals surface area (Å²) in [5.41, 5.74) is 2.02. The van der Waals surface area contributed by atoms with Gasteiger partial charge in [0.1, 0.15) is 0 Å². The van der Waals surface area contributed by atoms with E-state index in [1.807, 2.05) is 0 Å². The van der Waals surface area contributed by atoms with Crippen LogP contribution in [-0.4, -0.2) is 37.1 Å². The molecule has 0 spiro atoms. The summed E-state index contributed by atoms with van der Waals surface area (Å²) in [6, 6.07) is 0.632. The first kappa shape index (κ1) is 17.7. The summed E-state index contributed by atoms with van der Waals surface area (Å²) in [4.78, 5) is 2.61. The van der Waals surface area contributed by atoms with E-state index in [9.17, 15) is 0 Å². The highest BCUT2D eigenvalue weighted by atomic mass is 15.1. The Morgan fingerprint density at radius 1 is 1.15 bits per heavy atom. The minimum Gasteiger partial charge on any atom is -0.315 e. The smallest absolute Gasteiger partial charge is 0.0166 e. The molecule has 1 aliphatic heterocycles. The number of nitrogens with zero attached hydrogens (tertiary/aromatic N) is 1. The Morgan fingerprint density at radius 3 is 2.40 bits per heavy atom. The van der Waals surface area contributed by atoms with Crippen LogP contribution in [0.25, 0.3) is 0 Å². The zero-order valence-corrected chi connectivity index (χ0v) is 14.5. The molecule has 0 saturated heterocycles. The van der Waals surface area contributed by atoms with Gasteiger partial charge in [0.15, 0.2) is 0 Å². The Bertz CT molecular complexity index is 286. The fourth-order valence-corrected chi connectivity index (χ4v) is 2.80. The Kier molecular flexibility index (Phi) is 7.83. The van der Waals surface area contributed by atoms with Gasteiger partial charge in [0, 0.05) is 19.1 Å². The molecule has 1 aliphatic rings. The Labute approximate surface area is 127 Å². The second-order valence-electron chi connectivity index (χ2n) is 7.55. The van der Waals surface area contributed by atoms with Crippen molar-refractivity contribution in [2.75, 3.05) is 26.2 Å². The predicted octanol–water partition coefficient (Wildman–Crippen LogP) is 4.22. The van der Waals surface area contributed by atoms with Crippen LogP contribution in [0.3, 0.4) is 0 Å². The SMILES string of the molecule is CC(C)NCCCCCCN1CC=C(C(C)(C)C)CC1. The van der Waals surface area contributed by atoms with E-state index in [4.69, 9.17) is 0 Å². The van der Waals surface area contributed by atoms with Gasteiger partial charge in [0.25, 0.3) is 0 Å². The molecule has 118 valence electrons. The van der Waals surface area contributed by atoms with E-state index >= 15 is 0 Å². The second-order valence-corrected chi connectivity index (χ2v) is 7.55. The summed E-state index contributed by atoms with van der Waals surface area (Å²) < 4.78 is 0. The van der Waals surface area contributed by atoms with Gasteiger partial charge in [-0.05, 0) is 37.8 Å². The molecular weight excluding hydrogens is 244 g/mol. The molecule has 1 rings (SSSR count). The summed E-state index contributed by atoms with van der Waals surface area (Å²) >= 11 is 0. The Balaban J connectivity index is 2.03. The lowest BCUT2D eigenvalue weighted by atomic mass is 9.83. The van der Waals surface area contributed by atoms with Crippen LogP contribution >= 0.6 is 0 Å². The van der Waals surface area contributed by atoms with Gasteiger partial charge < -0.3 is 5.32 Å². The first-order chi connectivity index (χ1) is 9.39. The molecule has 0 aromatic heterocycles. The standard InChI is InChI=1S/C18H36N2/c1-16(2)19-12-8-6-7-9-13-20-14-10-17(11-15-20)18(3,4)5/h10,16,19H,6-9,11-15H2,1-5H3. The molecular formula is C18H36N2. The molecule has 0 aromatic carbocycles. The lowest BCUT2D eigenvalue weighted by Gasteiger charge is -2.32. The lowest BCUT2D eigenvalue weighted by Crippen LogP contribution is -2.32. The highest BCUT2D eigenvalue weighted by Gasteiger charge is 2.20. The van der Waals surface area contributed by atoms with E-state index in [0.717, 1.165) is 0 Å². The van der Waals surface area contributed by atoms with Crippen LogP contribution in [0.2, 0.25) is 0 Å². The first-order valence-corrected chi connectivity index (χ1v) is 8.55. The molecule has 0 aromatic rings. The van der Waals surface area contributed by atoms with E-state index in [0.29, 0.717) is 11.5 Å². The zero-order valence-electron chi connectivity index (χ0n) is 14.5. The maximum atomic E-state index is 3.49. The van der Waals surface area contributed by atoms with E-state index < -0.39 is 0 Å². The van der Waals surface area contributed by atoms with Gasteiger partial charge >= 0.3 is 0 Å². The van der Waals surface area contributed by atoms with Crippen molar-refractivity contribution in [1.82, 2.24) is 10.2 Å². The van der Waals surface area contributed by atoms with Crippen LogP contribution < -0.4 is 5.32 Å². The van der Waals surface area contributed by atoms with E-state index in [2.05, 4.69) is 50.9 Å². The molecule has 20 heavy (non-hydrogen) atoms. The lowest BCUT2D eigenvalue weighted by molar-refractivity contribution is 0.272. The van der Waals surface area contributed by atoms with E-state index in [-0.39, 0.29) is 0 Å². The van der Waals surface area contributed by atoms with Gasteiger partial charge in [-0.2, -0.15) is 0 Å². The van der Waals surface area contributed by atoms with Crippen molar-refractivity contribution in [2.45, 2.75) is 72.8 Å². The summed E-state index contributed by atoms with van der Waals surface area (Å²) in [7, 11) is 0. The van der Waals surface area contributed by atoms with Crippen molar-refractivity contribution in [1.29, 1.82) is 0 Å². The largest absolute Gasteiger partial charge is 0.315 e. The molecule has 0 aliphatic carbocycles. The molecule has 0 saturated carbocycles. The monoisotopic (exact) mass is 280 g/mol.